The Kier molecular flexibility index (Phi) is 9.63. The summed E-state index contributed by atoms with van der Waals surface area (Å²) in [5.41, 5.74) is 0.747. The summed E-state index contributed by atoms with van der Waals surface area (Å²) in [6.45, 7) is 0.996. The topological polar surface area (TPSA) is 117 Å². The van der Waals surface area contributed by atoms with Gasteiger partial charge in [-0.15, -0.1) is 11.8 Å². The number of hydrogen-bond acceptors (Lipinski definition) is 8. The Morgan fingerprint density at radius 3 is 2.15 bits per heavy atom. The highest BCUT2D eigenvalue weighted by atomic mass is 32.2. The number of amides is 1. The number of alkyl halides is 1. The van der Waals surface area contributed by atoms with Gasteiger partial charge in [0, 0.05) is 25.3 Å². The van der Waals surface area contributed by atoms with Crippen LogP contribution < -0.4 is 11.0 Å². The monoisotopic (exact) mass is 563 g/mol. The van der Waals surface area contributed by atoms with Gasteiger partial charge in [0.25, 0.3) is 0 Å². The number of rotatable bonds is 9. The van der Waals surface area contributed by atoms with E-state index in [1.54, 1.807) is 30.3 Å². The maximum Gasteiger partial charge on any atom is 0.350 e. The van der Waals surface area contributed by atoms with Crippen molar-refractivity contribution in [1.82, 2.24) is 9.55 Å². The van der Waals surface area contributed by atoms with Gasteiger partial charge in [-0.25, -0.2) is 18.8 Å². The molecule has 0 saturated carbocycles. The smallest absolute Gasteiger partial charge is 0.350 e. The van der Waals surface area contributed by atoms with Crippen LogP contribution in [0.15, 0.2) is 89.9 Å². The lowest BCUT2D eigenvalue weighted by Crippen LogP contribution is -2.37. The Hall–Kier alpha value is -4.51. The van der Waals surface area contributed by atoms with Gasteiger partial charge in [-0.2, -0.15) is 4.98 Å². The number of carbonyl (C=O) groups excluding carboxylic acids is 3. The molecule has 11 heteroatoms. The standard InChI is InChI=1S/C29H26FN3O6S/c1-19(34)31-23-16-17-33(29(37)32-23)28-26(30)27(39-25(36)15-13-21-10-6-3-7-11-21)22(40-28)18-38-24(35)14-12-20-8-4-2-5-9-20/h2-17,22,26-28H,18H2,1H3,(H,31,32,34,37)/b14-12+,15-13+/t22-,26+,27?,28-/m1/s1. The fraction of sp³-hybridized carbons (Fsp3) is 0.207. The maximum atomic E-state index is 15.8. The SMILES string of the molecule is CC(=O)Nc1ccn([C@@H]2S[C@H](COC(=O)/C=C/c3ccccc3)C(OC(=O)/C=C/c3ccccc3)[C@@H]2F)c(=O)n1. The molecule has 4 rings (SSSR count). The van der Waals surface area contributed by atoms with Crippen LogP contribution in [0.5, 0.6) is 0 Å². The van der Waals surface area contributed by atoms with E-state index in [9.17, 15) is 19.2 Å². The number of hydrogen-bond donors (Lipinski definition) is 1. The largest absolute Gasteiger partial charge is 0.461 e. The second kappa shape index (κ2) is 13.5. The molecule has 4 atom stereocenters. The molecule has 0 radical (unpaired) electrons. The average molecular weight is 564 g/mol. The number of benzene rings is 2. The van der Waals surface area contributed by atoms with E-state index in [4.69, 9.17) is 9.47 Å². The summed E-state index contributed by atoms with van der Waals surface area (Å²) in [5, 5.41) is 0.463. The van der Waals surface area contributed by atoms with E-state index in [1.807, 2.05) is 36.4 Å². The van der Waals surface area contributed by atoms with Gasteiger partial charge in [0.1, 0.15) is 17.8 Å². The summed E-state index contributed by atoms with van der Waals surface area (Å²) >= 11 is 0.985. The molecule has 1 fully saturated rings. The number of nitrogens with one attached hydrogen (secondary N) is 1. The van der Waals surface area contributed by atoms with Crippen LogP contribution in [0.2, 0.25) is 0 Å². The van der Waals surface area contributed by atoms with Crippen molar-refractivity contribution in [2.45, 2.75) is 29.8 Å². The highest BCUT2D eigenvalue weighted by Gasteiger charge is 2.49. The Labute approximate surface area is 233 Å². The van der Waals surface area contributed by atoms with Crippen molar-refractivity contribution in [2.75, 3.05) is 11.9 Å². The molecule has 1 N–H and O–H groups in total. The highest BCUT2D eigenvalue weighted by molar-refractivity contribution is 8.00. The summed E-state index contributed by atoms with van der Waals surface area (Å²) in [6, 6.07) is 19.5. The van der Waals surface area contributed by atoms with Gasteiger partial charge >= 0.3 is 17.6 Å². The van der Waals surface area contributed by atoms with Crippen molar-refractivity contribution in [3.05, 3.63) is 107 Å². The van der Waals surface area contributed by atoms with E-state index in [2.05, 4.69) is 10.3 Å². The number of aromatic nitrogens is 2. The molecule has 3 aromatic rings. The van der Waals surface area contributed by atoms with Crippen LogP contribution in [0, 0.1) is 0 Å². The molecule has 206 valence electrons. The molecule has 9 nitrogen and oxygen atoms in total. The number of carbonyl (C=O) groups is 3. The van der Waals surface area contributed by atoms with Crippen molar-refractivity contribution < 1.29 is 28.2 Å². The minimum Gasteiger partial charge on any atom is -0.461 e. The molecule has 40 heavy (non-hydrogen) atoms. The molecule has 0 bridgehead atoms. The molecule has 0 aliphatic carbocycles. The van der Waals surface area contributed by atoms with Crippen LogP contribution in [-0.2, 0) is 23.9 Å². The van der Waals surface area contributed by atoms with Crippen LogP contribution in [-0.4, -0.2) is 51.5 Å². The minimum atomic E-state index is -1.83. The second-order valence-corrected chi connectivity index (χ2v) is 10.1. The summed E-state index contributed by atoms with van der Waals surface area (Å²) < 4.78 is 27.6. The number of ether oxygens (including phenoxy) is 2. The highest BCUT2D eigenvalue weighted by Crippen LogP contribution is 2.44. The molecule has 1 amide bonds. The Balaban J connectivity index is 1.50. The minimum absolute atomic E-state index is 0.0249. The first kappa shape index (κ1) is 28.5. The lowest BCUT2D eigenvalue weighted by molar-refractivity contribution is -0.147. The van der Waals surface area contributed by atoms with Crippen molar-refractivity contribution in [1.29, 1.82) is 0 Å². The summed E-state index contributed by atoms with van der Waals surface area (Å²) in [5.74, 6) is -1.83. The van der Waals surface area contributed by atoms with Gasteiger partial charge in [0.2, 0.25) is 5.91 Å². The first-order valence-electron chi connectivity index (χ1n) is 12.3. The number of esters is 2. The summed E-state index contributed by atoms with van der Waals surface area (Å²) in [4.78, 5) is 52.6. The molecule has 2 aromatic carbocycles. The predicted molar refractivity (Wildman–Crippen MR) is 150 cm³/mol. The van der Waals surface area contributed by atoms with Crippen molar-refractivity contribution in [3.63, 3.8) is 0 Å². The van der Waals surface area contributed by atoms with E-state index in [0.717, 1.165) is 27.5 Å². The van der Waals surface area contributed by atoms with Crippen molar-refractivity contribution in [2.24, 2.45) is 0 Å². The molecule has 0 spiro atoms. The van der Waals surface area contributed by atoms with E-state index < -0.39 is 46.4 Å². The van der Waals surface area contributed by atoms with Gasteiger partial charge in [-0.3, -0.25) is 9.36 Å². The third-order valence-corrected chi connectivity index (χ3v) is 7.26. The van der Waals surface area contributed by atoms with E-state index in [0.29, 0.717) is 0 Å². The molecular weight excluding hydrogens is 537 g/mol. The van der Waals surface area contributed by atoms with Crippen LogP contribution in [0.3, 0.4) is 0 Å². The van der Waals surface area contributed by atoms with Gasteiger partial charge < -0.3 is 14.8 Å². The molecule has 1 aliphatic heterocycles. The molecule has 1 unspecified atom stereocenters. The lowest BCUT2D eigenvalue weighted by Gasteiger charge is -2.20. The zero-order valence-electron chi connectivity index (χ0n) is 21.4. The number of nitrogens with zero attached hydrogens (tertiary/aromatic N) is 2. The van der Waals surface area contributed by atoms with Crippen molar-refractivity contribution in [3.8, 4) is 0 Å². The van der Waals surface area contributed by atoms with E-state index in [1.165, 1.54) is 37.4 Å². The number of anilines is 1. The Morgan fingerprint density at radius 2 is 1.57 bits per heavy atom. The summed E-state index contributed by atoms with van der Waals surface area (Å²) in [7, 11) is 0. The van der Waals surface area contributed by atoms with E-state index in [-0.39, 0.29) is 12.4 Å². The normalized spacial score (nSPS) is 20.4. The van der Waals surface area contributed by atoms with Gasteiger partial charge in [-0.1, -0.05) is 60.7 Å². The molecular formula is C29H26FN3O6S. The predicted octanol–water partition coefficient (Wildman–Crippen LogP) is 4.04. The quantitative estimate of drug-likeness (QED) is 0.306. The van der Waals surface area contributed by atoms with Gasteiger partial charge in [-0.05, 0) is 29.3 Å². The lowest BCUT2D eigenvalue weighted by atomic mass is 10.1. The first-order chi connectivity index (χ1) is 19.3. The number of thioether (sulfide) groups is 1. The van der Waals surface area contributed by atoms with Gasteiger partial charge in [0.15, 0.2) is 12.3 Å². The molecule has 1 aliphatic rings. The second-order valence-electron chi connectivity index (χ2n) is 8.71. The molecule has 1 aromatic heterocycles. The van der Waals surface area contributed by atoms with Crippen LogP contribution in [0.4, 0.5) is 10.2 Å². The van der Waals surface area contributed by atoms with Crippen LogP contribution in [0.25, 0.3) is 12.2 Å². The summed E-state index contributed by atoms with van der Waals surface area (Å²) in [6.07, 6.45) is 3.70. The fourth-order valence-corrected chi connectivity index (χ4v) is 5.35. The fourth-order valence-electron chi connectivity index (χ4n) is 3.89. The third kappa shape index (κ3) is 7.76. The van der Waals surface area contributed by atoms with Crippen molar-refractivity contribution >= 4 is 47.6 Å². The van der Waals surface area contributed by atoms with Crippen LogP contribution >= 0.6 is 11.8 Å². The molecule has 1 saturated heterocycles. The third-order valence-electron chi connectivity index (χ3n) is 5.74. The van der Waals surface area contributed by atoms with Crippen LogP contribution in [0.1, 0.15) is 23.4 Å². The zero-order chi connectivity index (χ0) is 28.5. The van der Waals surface area contributed by atoms with E-state index >= 15 is 4.39 Å². The zero-order valence-corrected chi connectivity index (χ0v) is 22.2. The first-order valence-corrected chi connectivity index (χ1v) is 13.2. The Morgan fingerprint density at radius 1 is 0.975 bits per heavy atom. The van der Waals surface area contributed by atoms with Gasteiger partial charge in [0.05, 0.1) is 5.25 Å². The molecule has 2 heterocycles. The number of halogens is 1. The average Bonchev–Trinajstić information content (AvgIpc) is 3.24. The Bertz CT molecular complexity index is 1460. The maximum absolute atomic E-state index is 15.8.